The zero-order chi connectivity index (χ0) is 15.2. The molecule has 0 bridgehead atoms. The lowest BCUT2D eigenvalue weighted by Crippen LogP contribution is -2.38. The van der Waals surface area contributed by atoms with Gasteiger partial charge in [0.15, 0.2) is 5.76 Å². The molecule has 0 spiro atoms. The molecule has 0 aliphatic carbocycles. The molecule has 112 valence electrons. The number of aliphatic hydroxyl groups excluding tert-OH is 1. The summed E-state index contributed by atoms with van der Waals surface area (Å²) in [5.74, 6) is 0.218. The third-order valence-electron chi connectivity index (χ3n) is 3.39. The quantitative estimate of drug-likeness (QED) is 0.887. The van der Waals surface area contributed by atoms with Gasteiger partial charge in [0, 0.05) is 24.8 Å². The van der Waals surface area contributed by atoms with E-state index < -0.39 is 0 Å². The van der Waals surface area contributed by atoms with Crippen LogP contribution in [0.4, 0.5) is 0 Å². The SMILES string of the molecule is CC(C)N(CCCO)C(=O)c1occc1-c1ccccc1. The van der Waals surface area contributed by atoms with E-state index in [1.807, 2.05) is 50.2 Å². The van der Waals surface area contributed by atoms with Crippen molar-refractivity contribution in [3.63, 3.8) is 0 Å². The number of hydrogen-bond donors (Lipinski definition) is 1. The molecule has 4 heteroatoms. The number of benzene rings is 1. The molecule has 2 aromatic rings. The Bertz CT molecular complexity index is 575. The van der Waals surface area contributed by atoms with Gasteiger partial charge in [-0.05, 0) is 31.9 Å². The van der Waals surface area contributed by atoms with Crippen LogP contribution in [-0.4, -0.2) is 35.1 Å². The predicted molar refractivity (Wildman–Crippen MR) is 82.0 cm³/mol. The standard InChI is InChI=1S/C17H21NO3/c1-13(2)18(10-6-11-19)17(20)16-15(9-12-21-16)14-7-4-3-5-8-14/h3-5,7-9,12-13,19H,6,10-11H2,1-2H3. The van der Waals surface area contributed by atoms with Crippen molar-refractivity contribution in [3.05, 3.63) is 48.4 Å². The first-order chi connectivity index (χ1) is 10.1. The number of furan rings is 1. The van der Waals surface area contributed by atoms with Crippen LogP contribution in [0.2, 0.25) is 0 Å². The highest BCUT2D eigenvalue weighted by atomic mass is 16.3. The van der Waals surface area contributed by atoms with Crippen LogP contribution in [0.3, 0.4) is 0 Å². The first kappa shape index (κ1) is 15.3. The van der Waals surface area contributed by atoms with Crippen molar-refractivity contribution in [2.45, 2.75) is 26.3 Å². The summed E-state index contributed by atoms with van der Waals surface area (Å²) in [6.07, 6.45) is 2.10. The number of rotatable bonds is 6. The molecular formula is C17H21NO3. The van der Waals surface area contributed by atoms with Gasteiger partial charge in [-0.3, -0.25) is 4.79 Å². The van der Waals surface area contributed by atoms with Crippen molar-refractivity contribution in [2.75, 3.05) is 13.2 Å². The van der Waals surface area contributed by atoms with E-state index in [4.69, 9.17) is 9.52 Å². The van der Waals surface area contributed by atoms with Crippen LogP contribution in [0.5, 0.6) is 0 Å². The summed E-state index contributed by atoms with van der Waals surface area (Å²) < 4.78 is 5.44. The lowest BCUT2D eigenvalue weighted by atomic mass is 10.1. The second kappa shape index (κ2) is 7.09. The van der Waals surface area contributed by atoms with Crippen molar-refractivity contribution in [2.24, 2.45) is 0 Å². The molecule has 0 aliphatic heterocycles. The average Bonchev–Trinajstić information content (AvgIpc) is 2.97. The maximum absolute atomic E-state index is 12.7. The Hall–Kier alpha value is -2.07. The predicted octanol–water partition coefficient (Wildman–Crippen LogP) is 3.18. The van der Waals surface area contributed by atoms with Gasteiger partial charge in [-0.2, -0.15) is 0 Å². The highest BCUT2D eigenvalue weighted by Gasteiger charge is 2.24. The summed E-state index contributed by atoms with van der Waals surface area (Å²) in [6, 6.07) is 11.6. The maximum atomic E-state index is 12.7. The maximum Gasteiger partial charge on any atom is 0.290 e. The molecule has 0 atom stereocenters. The van der Waals surface area contributed by atoms with Gasteiger partial charge in [0.1, 0.15) is 0 Å². The Morgan fingerprint density at radius 2 is 1.95 bits per heavy atom. The zero-order valence-corrected chi connectivity index (χ0v) is 12.5. The fraction of sp³-hybridized carbons (Fsp3) is 0.353. The second-order valence-electron chi connectivity index (χ2n) is 5.20. The topological polar surface area (TPSA) is 53.7 Å². The lowest BCUT2D eigenvalue weighted by Gasteiger charge is -2.26. The smallest absolute Gasteiger partial charge is 0.290 e. The molecule has 0 saturated carbocycles. The fourth-order valence-electron chi connectivity index (χ4n) is 2.29. The number of hydrogen-bond acceptors (Lipinski definition) is 3. The van der Waals surface area contributed by atoms with E-state index >= 15 is 0 Å². The van der Waals surface area contributed by atoms with Crippen LogP contribution in [0.1, 0.15) is 30.8 Å². The molecule has 1 aromatic heterocycles. The zero-order valence-electron chi connectivity index (χ0n) is 12.5. The molecule has 21 heavy (non-hydrogen) atoms. The van der Waals surface area contributed by atoms with Crippen molar-refractivity contribution < 1.29 is 14.3 Å². The number of aliphatic hydroxyl groups is 1. The first-order valence-corrected chi connectivity index (χ1v) is 7.20. The molecule has 1 heterocycles. The van der Waals surface area contributed by atoms with Crippen LogP contribution in [-0.2, 0) is 0 Å². The second-order valence-corrected chi connectivity index (χ2v) is 5.20. The van der Waals surface area contributed by atoms with Gasteiger partial charge in [-0.1, -0.05) is 30.3 Å². The third-order valence-corrected chi connectivity index (χ3v) is 3.39. The van der Waals surface area contributed by atoms with Gasteiger partial charge in [0.2, 0.25) is 0 Å². The summed E-state index contributed by atoms with van der Waals surface area (Å²) in [5, 5.41) is 8.98. The van der Waals surface area contributed by atoms with E-state index in [-0.39, 0.29) is 18.6 Å². The molecule has 1 N–H and O–H groups in total. The van der Waals surface area contributed by atoms with Gasteiger partial charge in [-0.25, -0.2) is 0 Å². The number of amides is 1. The first-order valence-electron chi connectivity index (χ1n) is 7.20. The van der Waals surface area contributed by atoms with Crippen molar-refractivity contribution in [1.82, 2.24) is 4.90 Å². The van der Waals surface area contributed by atoms with E-state index in [9.17, 15) is 4.79 Å². The Morgan fingerprint density at radius 1 is 1.24 bits per heavy atom. The molecule has 0 saturated heterocycles. The van der Waals surface area contributed by atoms with Crippen LogP contribution < -0.4 is 0 Å². The Kier molecular flexibility index (Phi) is 5.17. The van der Waals surface area contributed by atoms with Gasteiger partial charge in [0.25, 0.3) is 5.91 Å². The van der Waals surface area contributed by atoms with Gasteiger partial charge in [-0.15, -0.1) is 0 Å². The van der Waals surface area contributed by atoms with Crippen molar-refractivity contribution >= 4 is 5.91 Å². The Morgan fingerprint density at radius 3 is 2.57 bits per heavy atom. The van der Waals surface area contributed by atoms with Crippen LogP contribution in [0.15, 0.2) is 47.1 Å². The third kappa shape index (κ3) is 3.52. The lowest BCUT2D eigenvalue weighted by molar-refractivity contribution is 0.0661. The van der Waals surface area contributed by atoms with Crippen molar-refractivity contribution in [3.8, 4) is 11.1 Å². The molecule has 4 nitrogen and oxygen atoms in total. The molecule has 0 fully saturated rings. The number of carbonyl (C=O) groups is 1. The van der Waals surface area contributed by atoms with Gasteiger partial charge < -0.3 is 14.4 Å². The highest BCUT2D eigenvalue weighted by molar-refractivity contribution is 5.98. The summed E-state index contributed by atoms with van der Waals surface area (Å²) in [6.45, 7) is 4.50. The van der Waals surface area contributed by atoms with E-state index in [0.717, 1.165) is 11.1 Å². The molecule has 1 aromatic carbocycles. The van der Waals surface area contributed by atoms with Gasteiger partial charge >= 0.3 is 0 Å². The molecule has 0 unspecified atom stereocenters. The minimum absolute atomic E-state index is 0.0535. The van der Waals surface area contributed by atoms with Crippen molar-refractivity contribution in [1.29, 1.82) is 0 Å². The van der Waals surface area contributed by atoms with Crippen LogP contribution >= 0.6 is 0 Å². The minimum atomic E-state index is -0.137. The molecule has 0 radical (unpaired) electrons. The Balaban J connectivity index is 2.29. The average molecular weight is 287 g/mol. The summed E-state index contributed by atoms with van der Waals surface area (Å²) in [5.41, 5.74) is 1.76. The summed E-state index contributed by atoms with van der Waals surface area (Å²) >= 11 is 0. The van der Waals surface area contributed by atoms with Crippen LogP contribution in [0, 0.1) is 0 Å². The summed E-state index contributed by atoms with van der Waals surface area (Å²) in [4.78, 5) is 14.4. The number of nitrogens with zero attached hydrogens (tertiary/aromatic N) is 1. The van der Waals surface area contributed by atoms with Crippen LogP contribution in [0.25, 0.3) is 11.1 Å². The normalized spacial score (nSPS) is 10.9. The van der Waals surface area contributed by atoms with E-state index in [1.54, 1.807) is 11.2 Å². The summed E-state index contributed by atoms with van der Waals surface area (Å²) in [7, 11) is 0. The van der Waals surface area contributed by atoms with E-state index in [1.165, 1.54) is 0 Å². The molecule has 1 amide bonds. The monoisotopic (exact) mass is 287 g/mol. The minimum Gasteiger partial charge on any atom is -0.459 e. The largest absolute Gasteiger partial charge is 0.459 e. The van der Waals surface area contributed by atoms with E-state index in [0.29, 0.717) is 18.7 Å². The van der Waals surface area contributed by atoms with Gasteiger partial charge in [0.05, 0.1) is 6.26 Å². The molecular weight excluding hydrogens is 266 g/mol. The Labute approximate surface area is 125 Å². The molecule has 0 aliphatic rings. The fourth-order valence-corrected chi connectivity index (χ4v) is 2.29. The van der Waals surface area contributed by atoms with E-state index in [2.05, 4.69) is 0 Å². The number of carbonyl (C=O) groups excluding carboxylic acids is 1. The molecule has 2 rings (SSSR count). The highest BCUT2D eigenvalue weighted by Crippen LogP contribution is 2.26.